The first-order valence-corrected chi connectivity index (χ1v) is 12.0. The Balaban J connectivity index is 2.01. The van der Waals surface area contributed by atoms with Crippen LogP contribution in [0.3, 0.4) is 0 Å². The Morgan fingerprint density at radius 1 is 1.04 bits per heavy atom. The molecule has 0 aliphatic carbocycles. The second-order valence-corrected chi connectivity index (χ2v) is 11.4. The largest absolute Gasteiger partial charge is 0.496 e. The van der Waals surface area contributed by atoms with Crippen molar-refractivity contribution in [3.8, 4) is 5.75 Å². The molecule has 0 unspecified atom stereocenters. The molecule has 2 aromatic rings. The Bertz CT molecular complexity index is 1100. The number of fused-ring (bicyclic) bond motifs is 1. The molecule has 146 valence electrons. The molecule has 7 nitrogen and oxygen atoms in total. The van der Waals surface area contributed by atoms with E-state index in [0.29, 0.717) is 27.0 Å². The summed E-state index contributed by atoms with van der Waals surface area (Å²) in [5.41, 5.74) is 1.21. The van der Waals surface area contributed by atoms with Gasteiger partial charge in [-0.3, -0.25) is 4.31 Å². The summed E-state index contributed by atoms with van der Waals surface area (Å²) >= 11 is 2.03. The van der Waals surface area contributed by atoms with Gasteiger partial charge in [-0.2, -0.15) is 0 Å². The Hall–Kier alpha value is -1.37. The van der Waals surface area contributed by atoms with E-state index < -0.39 is 20.0 Å². The summed E-state index contributed by atoms with van der Waals surface area (Å²) in [5, 5.41) is 0. The van der Waals surface area contributed by atoms with Gasteiger partial charge in [0.2, 0.25) is 10.0 Å². The van der Waals surface area contributed by atoms with Crippen LogP contribution < -0.4 is 9.04 Å². The van der Waals surface area contributed by atoms with E-state index in [1.807, 2.05) is 22.6 Å². The Labute approximate surface area is 173 Å². The van der Waals surface area contributed by atoms with Crippen LogP contribution in [0, 0.1) is 3.57 Å². The van der Waals surface area contributed by atoms with Gasteiger partial charge in [-0.1, -0.05) is 0 Å². The van der Waals surface area contributed by atoms with Gasteiger partial charge in [0.05, 0.1) is 26.2 Å². The fraction of sp³-hybridized carbons (Fsp3) is 0.294. The summed E-state index contributed by atoms with van der Waals surface area (Å²) in [6, 6.07) is 9.26. The number of nitrogens with zero attached hydrogens (tertiary/aromatic N) is 2. The lowest BCUT2D eigenvalue weighted by Gasteiger charge is -2.20. The molecule has 1 heterocycles. The van der Waals surface area contributed by atoms with Crippen LogP contribution in [0.2, 0.25) is 0 Å². The molecule has 27 heavy (non-hydrogen) atoms. The molecule has 1 aliphatic rings. The summed E-state index contributed by atoms with van der Waals surface area (Å²) in [6.07, 6.45) is 0.457. The van der Waals surface area contributed by atoms with E-state index in [2.05, 4.69) is 0 Å². The third-order valence-electron chi connectivity index (χ3n) is 4.39. The highest BCUT2D eigenvalue weighted by Crippen LogP contribution is 2.35. The summed E-state index contributed by atoms with van der Waals surface area (Å²) in [4.78, 5) is 0.329. The van der Waals surface area contributed by atoms with Crippen molar-refractivity contribution in [1.29, 1.82) is 0 Å². The quantitative estimate of drug-likeness (QED) is 0.563. The Kier molecular flexibility index (Phi) is 5.45. The third-order valence-corrected chi connectivity index (χ3v) is 8.86. The number of benzene rings is 2. The lowest BCUT2D eigenvalue weighted by molar-refractivity contribution is 0.411. The van der Waals surface area contributed by atoms with Gasteiger partial charge in [0.15, 0.2) is 0 Å². The lowest BCUT2D eigenvalue weighted by atomic mass is 10.2. The zero-order chi connectivity index (χ0) is 20.0. The number of ether oxygens (including phenoxy) is 1. The van der Waals surface area contributed by atoms with Crippen molar-refractivity contribution in [2.45, 2.75) is 16.2 Å². The number of rotatable bonds is 5. The minimum absolute atomic E-state index is 0.157. The van der Waals surface area contributed by atoms with Gasteiger partial charge in [-0.25, -0.2) is 21.1 Å². The van der Waals surface area contributed by atoms with Crippen LogP contribution in [-0.4, -0.2) is 48.9 Å². The monoisotopic (exact) mass is 522 g/mol. The molecule has 0 atom stereocenters. The molecule has 1 aliphatic heterocycles. The van der Waals surface area contributed by atoms with E-state index >= 15 is 0 Å². The smallest absolute Gasteiger partial charge is 0.264 e. The third kappa shape index (κ3) is 3.55. The average molecular weight is 522 g/mol. The van der Waals surface area contributed by atoms with Crippen molar-refractivity contribution in [1.82, 2.24) is 4.31 Å². The SMILES string of the molecule is COc1ccc(S(=O)(=O)N2CCc3cc(S(=O)(=O)N(C)C)ccc32)cc1I. The van der Waals surface area contributed by atoms with E-state index in [0.717, 1.165) is 4.31 Å². The molecule has 0 fully saturated rings. The van der Waals surface area contributed by atoms with Crippen molar-refractivity contribution in [3.05, 3.63) is 45.5 Å². The number of hydrogen-bond acceptors (Lipinski definition) is 5. The number of hydrogen-bond donors (Lipinski definition) is 0. The predicted octanol–water partition coefficient (Wildman–Crippen LogP) is 2.30. The van der Waals surface area contributed by atoms with E-state index in [-0.39, 0.29) is 16.3 Å². The standard InChI is InChI=1S/C17H19IN2O5S2/c1-19(2)26(21,22)13-4-6-16-12(10-13)8-9-20(16)27(23,24)14-5-7-17(25-3)15(18)11-14/h4-7,10-11H,8-9H2,1-3H3. The molecule has 10 heteroatoms. The van der Waals surface area contributed by atoms with Crippen molar-refractivity contribution in [2.24, 2.45) is 0 Å². The van der Waals surface area contributed by atoms with E-state index in [4.69, 9.17) is 4.74 Å². The summed E-state index contributed by atoms with van der Waals surface area (Å²) in [5.74, 6) is 0.606. The first kappa shape index (κ1) is 20.4. The fourth-order valence-electron chi connectivity index (χ4n) is 2.90. The highest BCUT2D eigenvalue weighted by atomic mass is 127. The maximum Gasteiger partial charge on any atom is 0.264 e. The van der Waals surface area contributed by atoms with Gasteiger partial charge in [-0.05, 0) is 71.0 Å². The fourth-order valence-corrected chi connectivity index (χ4v) is 6.33. The maximum absolute atomic E-state index is 13.1. The van der Waals surface area contributed by atoms with Crippen molar-refractivity contribution < 1.29 is 21.6 Å². The van der Waals surface area contributed by atoms with Crippen LogP contribution in [0.15, 0.2) is 46.2 Å². The molecular weight excluding hydrogens is 503 g/mol. The molecule has 0 saturated heterocycles. The van der Waals surface area contributed by atoms with Crippen molar-refractivity contribution in [3.63, 3.8) is 0 Å². The molecule has 3 rings (SSSR count). The van der Waals surface area contributed by atoms with Gasteiger partial charge in [0.25, 0.3) is 10.0 Å². The minimum Gasteiger partial charge on any atom is -0.496 e. The topological polar surface area (TPSA) is 84.0 Å². The highest BCUT2D eigenvalue weighted by Gasteiger charge is 2.32. The van der Waals surface area contributed by atoms with Gasteiger partial charge < -0.3 is 4.74 Å². The van der Waals surface area contributed by atoms with E-state index in [1.54, 1.807) is 24.3 Å². The van der Waals surface area contributed by atoms with Gasteiger partial charge in [0, 0.05) is 20.6 Å². The van der Waals surface area contributed by atoms with Crippen LogP contribution in [0.1, 0.15) is 5.56 Å². The Morgan fingerprint density at radius 2 is 1.70 bits per heavy atom. The van der Waals surface area contributed by atoms with E-state index in [9.17, 15) is 16.8 Å². The van der Waals surface area contributed by atoms with Gasteiger partial charge >= 0.3 is 0 Å². The average Bonchev–Trinajstić information content (AvgIpc) is 3.05. The van der Waals surface area contributed by atoms with Crippen LogP contribution in [-0.2, 0) is 26.5 Å². The summed E-state index contributed by atoms with van der Waals surface area (Å²) in [6.45, 7) is 0.270. The molecule has 2 aromatic carbocycles. The number of anilines is 1. The predicted molar refractivity (Wildman–Crippen MR) is 111 cm³/mol. The molecule has 0 spiro atoms. The maximum atomic E-state index is 13.1. The lowest BCUT2D eigenvalue weighted by Crippen LogP contribution is -2.29. The van der Waals surface area contributed by atoms with Crippen molar-refractivity contribution >= 4 is 48.3 Å². The van der Waals surface area contributed by atoms with Crippen LogP contribution in [0.25, 0.3) is 0 Å². The number of sulfonamides is 2. The van der Waals surface area contributed by atoms with Gasteiger partial charge in [-0.15, -0.1) is 0 Å². The first-order valence-electron chi connectivity index (χ1n) is 8.01. The normalized spacial score (nSPS) is 14.5. The van der Waals surface area contributed by atoms with Crippen molar-refractivity contribution in [2.75, 3.05) is 32.1 Å². The molecule has 0 aromatic heterocycles. The minimum atomic E-state index is -3.75. The van der Waals surface area contributed by atoms with Crippen LogP contribution in [0.5, 0.6) is 5.75 Å². The molecule has 0 radical (unpaired) electrons. The summed E-state index contributed by atoms with van der Waals surface area (Å²) < 4.78 is 59.2. The second kappa shape index (κ2) is 7.22. The second-order valence-electron chi connectivity index (χ2n) is 6.20. The molecule has 0 N–H and O–H groups in total. The number of methoxy groups -OCH3 is 1. The first-order chi connectivity index (χ1) is 12.6. The Morgan fingerprint density at radius 3 is 2.30 bits per heavy atom. The molecule has 0 bridgehead atoms. The molecule has 0 saturated carbocycles. The molecule has 0 amide bonds. The molecular formula is C17H19IN2O5S2. The zero-order valence-electron chi connectivity index (χ0n) is 15.0. The number of halogens is 1. The van der Waals surface area contributed by atoms with E-state index in [1.165, 1.54) is 37.6 Å². The summed E-state index contributed by atoms with van der Waals surface area (Å²) in [7, 11) is -2.86. The highest BCUT2D eigenvalue weighted by molar-refractivity contribution is 14.1. The van der Waals surface area contributed by atoms with Gasteiger partial charge in [0.1, 0.15) is 5.75 Å². The van der Waals surface area contributed by atoms with Crippen LogP contribution >= 0.6 is 22.6 Å². The van der Waals surface area contributed by atoms with Crippen LogP contribution in [0.4, 0.5) is 5.69 Å². The zero-order valence-corrected chi connectivity index (χ0v) is 18.8.